The van der Waals surface area contributed by atoms with Gasteiger partial charge in [0.05, 0.1) is 5.02 Å². The van der Waals surface area contributed by atoms with E-state index in [-0.39, 0.29) is 5.75 Å². The van der Waals surface area contributed by atoms with Gasteiger partial charge in [0.2, 0.25) is 0 Å². The van der Waals surface area contributed by atoms with E-state index in [4.69, 9.17) is 23.2 Å². The summed E-state index contributed by atoms with van der Waals surface area (Å²) in [5.74, 6) is 1.75. The SMILES string of the molecule is CC1CCC(CNCc2cc(Cl)cc(Cl)c2O)C1. The molecule has 100 valence electrons. The third kappa shape index (κ3) is 3.53. The van der Waals surface area contributed by atoms with Crippen LogP contribution in [0.3, 0.4) is 0 Å². The smallest absolute Gasteiger partial charge is 0.138 e. The normalized spacial score (nSPS) is 23.5. The first kappa shape index (κ1) is 14.0. The molecule has 1 saturated carbocycles. The zero-order chi connectivity index (χ0) is 13.1. The third-order valence-corrected chi connectivity index (χ3v) is 4.17. The van der Waals surface area contributed by atoms with E-state index in [9.17, 15) is 5.11 Å². The Morgan fingerprint density at radius 3 is 2.78 bits per heavy atom. The number of hydrogen-bond acceptors (Lipinski definition) is 2. The van der Waals surface area contributed by atoms with Crippen LogP contribution in [0.15, 0.2) is 12.1 Å². The molecule has 0 amide bonds. The fourth-order valence-corrected chi connectivity index (χ4v) is 3.21. The number of nitrogens with one attached hydrogen (secondary N) is 1. The average molecular weight is 288 g/mol. The molecule has 4 heteroatoms. The minimum atomic E-state index is 0.133. The lowest BCUT2D eigenvalue weighted by Crippen LogP contribution is -2.21. The van der Waals surface area contributed by atoms with Crippen LogP contribution in [0.2, 0.25) is 10.0 Å². The van der Waals surface area contributed by atoms with E-state index < -0.39 is 0 Å². The molecular weight excluding hydrogens is 269 g/mol. The largest absolute Gasteiger partial charge is 0.506 e. The molecule has 0 spiro atoms. The van der Waals surface area contributed by atoms with Gasteiger partial charge in [-0.2, -0.15) is 0 Å². The summed E-state index contributed by atoms with van der Waals surface area (Å²) in [6.07, 6.45) is 3.94. The Balaban J connectivity index is 1.87. The maximum absolute atomic E-state index is 9.83. The van der Waals surface area contributed by atoms with Gasteiger partial charge in [0, 0.05) is 17.1 Å². The second kappa shape index (κ2) is 6.14. The van der Waals surface area contributed by atoms with Crippen molar-refractivity contribution >= 4 is 23.2 Å². The Kier molecular flexibility index (Phi) is 4.77. The summed E-state index contributed by atoms with van der Waals surface area (Å²) in [7, 11) is 0. The van der Waals surface area contributed by atoms with Gasteiger partial charge in [0.15, 0.2) is 0 Å². The van der Waals surface area contributed by atoms with Gasteiger partial charge in [-0.15, -0.1) is 0 Å². The summed E-state index contributed by atoms with van der Waals surface area (Å²) in [6.45, 7) is 3.91. The maximum Gasteiger partial charge on any atom is 0.138 e. The van der Waals surface area contributed by atoms with Gasteiger partial charge in [-0.25, -0.2) is 0 Å². The van der Waals surface area contributed by atoms with Crippen LogP contribution < -0.4 is 5.32 Å². The average Bonchev–Trinajstić information content (AvgIpc) is 2.71. The predicted molar refractivity (Wildman–Crippen MR) is 76.3 cm³/mol. The van der Waals surface area contributed by atoms with Gasteiger partial charge < -0.3 is 10.4 Å². The molecule has 1 aromatic carbocycles. The minimum absolute atomic E-state index is 0.133. The van der Waals surface area contributed by atoms with Gasteiger partial charge in [-0.1, -0.05) is 36.5 Å². The highest BCUT2D eigenvalue weighted by molar-refractivity contribution is 6.35. The van der Waals surface area contributed by atoms with Crippen LogP contribution in [0.5, 0.6) is 5.75 Å². The molecular formula is C14H19Cl2NO. The molecule has 0 heterocycles. The van der Waals surface area contributed by atoms with Crippen LogP contribution in [0.25, 0.3) is 0 Å². The summed E-state index contributed by atoms with van der Waals surface area (Å²) in [4.78, 5) is 0. The number of hydrogen-bond donors (Lipinski definition) is 2. The quantitative estimate of drug-likeness (QED) is 0.869. The van der Waals surface area contributed by atoms with E-state index in [1.165, 1.54) is 19.3 Å². The highest BCUT2D eigenvalue weighted by atomic mass is 35.5. The molecule has 2 rings (SSSR count). The van der Waals surface area contributed by atoms with E-state index >= 15 is 0 Å². The monoisotopic (exact) mass is 287 g/mol. The third-order valence-electron chi connectivity index (χ3n) is 3.66. The van der Waals surface area contributed by atoms with Gasteiger partial charge >= 0.3 is 0 Å². The second-order valence-corrected chi connectivity index (χ2v) is 6.15. The van der Waals surface area contributed by atoms with E-state index in [1.807, 2.05) is 0 Å². The number of phenols is 1. The minimum Gasteiger partial charge on any atom is -0.506 e. The van der Waals surface area contributed by atoms with E-state index in [1.54, 1.807) is 12.1 Å². The molecule has 1 fully saturated rings. The van der Waals surface area contributed by atoms with Crippen molar-refractivity contribution in [1.82, 2.24) is 5.32 Å². The van der Waals surface area contributed by atoms with Crippen molar-refractivity contribution in [3.8, 4) is 5.75 Å². The van der Waals surface area contributed by atoms with Crippen molar-refractivity contribution in [2.75, 3.05) is 6.54 Å². The first-order chi connectivity index (χ1) is 8.56. The number of aromatic hydroxyl groups is 1. The molecule has 2 atom stereocenters. The van der Waals surface area contributed by atoms with Crippen LogP contribution >= 0.6 is 23.2 Å². The molecule has 0 aliphatic heterocycles. The van der Waals surface area contributed by atoms with Crippen molar-refractivity contribution in [2.45, 2.75) is 32.7 Å². The number of halogens is 2. The van der Waals surface area contributed by atoms with E-state index in [0.29, 0.717) is 16.6 Å². The molecule has 2 nitrogen and oxygen atoms in total. The van der Waals surface area contributed by atoms with Gasteiger partial charge in [0.1, 0.15) is 5.75 Å². The van der Waals surface area contributed by atoms with Crippen molar-refractivity contribution < 1.29 is 5.11 Å². The Morgan fingerprint density at radius 1 is 1.33 bits per heavy atom. The standard InChI is InChI=1S/C14H19Cl2NO/c1-9-2-3-10(4-9)7-17-8-11-5-12(15)6-13(16)14(11)18/h5-6,9-10,17-18H,2-4,7-8H2,1H3. The molecule has 2 unspecified atom stereocenters. The number of benzene rings is 1. The molecule has 2 N–H and O–H groups in total. The fourth-order valence-electron chi connectivity index (χ4n) is 2.68. The van der Waals surface area contributed by atoms with Crippen molar-refractivity contribution in [3.63, 3.8) is 0 Å². The zero-order valence-corrected chi connectivity index (χ0v) is 12.1. The van der Waals surface area contributed by atoms with Crippen LogP contribution in [0.4, 0.5) is 0 Å². The fraction of sp³-hybridized carbons (Fsp3) is 0.571. The lowest BCUT2D eigenvalue weighted by atomic mass is 10.1. The van der Waals surface area contributed by atoms with Crippen LogP contribution in [0, 0.1) is 11.8 Å². The Hall–Kier alpha value is -0.440. The topological polar surface area (TPSA) is 32.3 Å². The van der Waals surface area contributed by atoms with Crippen LogP contribution in [0.1, 0.15) is 31.7 Å². The second-order valence-electron chi connectivity index (χ2n) is 5.31. The van der Waals surface area contributed by atoms with Gasteiger partial charge in [0.25, 0.3) is 0 Å². The van der Waals surface area contributed by atoms with Crippen molar-refractivity contribution in [2.24, 2.45) is 11.8 Å². The maximum atomic E-state index is 9.83. The molecule has 18 heavy (non-hydrogen) atoms. The summed E-state index contributed by atoms with van der Waals surface area (Å²) < 4.78 is 0. The van der Waals surface area contributed by atoms with Gasteiger partial charge in [-0.3, -0.25) is 0 Å². The predicted octanol–water partition coefficient (Wildman–Crippen LogP) is 4.22. The van der Waals surface area contributed by atoms with E-state index in [2.05, 4.69) is 12.2 Å². The molecule has 1 aliphatic rings. The molecule has 0 radical (unpaired) electrons. The highest BCUT2D eigenvalue weighted by Crippen LogP contribution is 2.32. The summed E-state index contributed by atoms with van der Waals surface area (Å²) >= 11 is 11.8. The van der Waals surface area contributed by atoms with Crippen molar-refractivity contribution in [3.05, 3.63) is 27.7 Å². The summed E-state index contributed by atoms with van der Waals surface area (Å²) in [6, 6.07) is 3.31. The summed E-state index contributed by atoms with van der Waals surface area (Å²) in [5.41, 5.74) is 0.763. The van der Waals surface area contributed by atoms with Crippen molar-refractivity contribution in [1.29, 1.82) is 0 Å². The number of phenolic OH excluding ortho intramolecular Hbond substituents is 1. The molecule has 0 saturated heterocycles. The summed E-state index contributed by atoms with van der Waals surface area (Å²) in [5, 5.41) is 14.1. The van der Waals surface area contributed by atoms with E-state index in [0.717, 1.165) is 23.9 Å². The molecule has 0 bridgehead atoms. The Labute approximate surface area is 118 Å². The molecule has 1 aliphatic carbocycles. The zero-order valence-electron chi connectivity index (χ0n) is 10.5. The Bertz CT molecular complexity index is 423. The first-order valence-electron chi connectivity index (χ1n) is 6.44. The highest BCUT2D eigenvalue weighted by Gasteiger charge is 2.20. The molecule has 0 aromatic heterocycles. The van der Waals surface area contributed by atoms with Gasteiger partial charge in [-0.05, 0) is 43.4 Å². The molecule has 1 aromatic rings. The lowest BCUT2D eigenvalue weighted by molar-refractivity contribution is 0.449. The first-order valence-corrected chi connectivity index (χ1v) is 7.19. The number of rotatable bonds is 4. The van der Waals surface area contributed by atoms with Crippen LogP contribution in [-0.4, -0.2) is 11.7 Å². The lowest BCUT2D eigenvalue weighted by Gasteiger charge is -2.12. The van der Waals surface area contributed by atoms with Crippen LogP contribution in [-0.2, 0) is 6.54 Å². The Morgan fingerprint density at radius 2 is 2.11 bits per heavy atom.